The first-order valence-electron chi connectivity index (χ1n) is 3.23. The van der Waals surface area contributed by atoms with Gasteiger partial charge in [0, 0.05) is 6.07 Å². The lowest BCUT2D eigenvalue weighted by molar-refractivity contribution is -0.137. The van der Waals surface area contributed by atoms with E-state index in [1.54, 1.807) is 0 Å². The first kappa shape index (κ1) is 10.2. The summed E-state index contributed by atoms with van der Waals surface area (Å²) in [6, 6.07) is 1.05. The van der Waals surface area contributed by atoms with Gasteiger partial charge in [-0.25, -0.2) is 4.98 Å². The van der Waals surface area contributed by atoms with Crippen molar-refractivity contribution in [1.29, 1.82) is 0 Å². The minimum atomic E-state index is -4.56. The van der Waals surface area contributed by atoms with E-state index < -0.39 is 17.7 Å². The highest BCUT2D eigenvalue weighted by Crippen LogP contribution is 2.29. The summed E-state index contributed by atoms with van der Waals surface area (Å²) in [4.78, 5) is 3.17. The monoisotopic (exact) mass is 213 g/mol. The van der Waals surface area contributed by atoms with Gasteiger partial charge in [0.05, 0.1) is 17.1 Å². The Labute approximate surface area is 76.3 Å². The largest absolute Gasteiger partial charge is 0.416 e. The highest BCUT2D eigenvalue weighted by atomic mass is 35.5. The maximum atomic E-state index is 12.5. The lowest BCUT2D eigenvalue weighted by atomic mass is 10.2. The zero-order valence-electron chi connectivity index (χ0n) is 6.20. The van der Waals surface area contributed by atoms with Gasteiger partial charge in [0.15, 0.2) is 0 Å². The van der Waals surface area contributed by atoms with Crippen LogP contribution in [0.4, 0.5) is 17.6 Å². The lowest BCUT2D eigenvalue weighted by Crippen LogP contribution is -2.07. The normalized spacial score (nSPS) is 11.8. The number of hydrogen-bond donors (Lipinski definition) is 0. The smallest absolute Gasteiger partial charge is 0.224 e. The molecule has 1 rings (SSSR count). The van der Waals surface area contributed by atoms with Crippen LogP contribution in [0.3, 0.4) is 0 Å². The molecule has 0 unspecified atom stereocenters. The summed E-state index contributed by atoms with van der Waals surface area (Å²) < 4.78 is 48.6. The summed E-state index contributed by atoms with van der Waals surface area (Å²) in [7, 11) is 0. The van der Waals surface area contributed by atoms with Crippen molar-refractivity contribution in [3.05, 3.63) is 29.3 Å². The van der Waals surface area contributed by atoms with E-state index in [1.807, 2.05) is 0 Å². The van der Waals surface area contributed by atoms with Gasteiger partial charge < -0.3 is 0 Å². The van der Waals surface area contributed by atoms with Crippen molar-refractivity contribution >= 4 is 11.6 Å². The highest BCUT2D eigenvalue weighted by Gasteiger charge is 2.31. The van der Waals surface area contributed by atoms with Crippen molar-refractivity contribution in [3.8, 4) is 0 Å². The van der Waals surface area contributed by atoms with Crippen LogP contribution in [0.15, 0.2) is 12.1 Å². The average Bonchev–Trinajstić information content (AvgIpc) is 2.01. The molecule has 0 saturated carbocycles. The summed E-state index contributed by atoms with van der Waals surface area (Å²) in [5, 5.41) is 0. The first-order chi connectivity index (χ1) is 5.93. The number of rotatable bonds is 1. The van der Waals surface area contributed by atoms with E-state index in [-0.39, 0.29) is 11.6 Å². The summed E-state index contributed by atoms with van der Waals surface area (Å²) in [5.41, 5.74) is -1.20. The molecule has 0 bridgehead atoms. The zero-order chi connectivity index (χ0) is 10.1. The minimum absolute atomic E-state index is 0.131. The van der Waals surface area contributed by atoms with Gasteiger partial charge in [-0.2, -0.15) is 17.6 Å². The molecule has 1 heterocycles. The highest BCUT2D eigenvalue weighted by molar-refractivity contribution is 6.16. The van der Waals surface area contributed by atoms with E-state index >= 15 is 0 Å². The van der Waals surface area contributed by atoms with Crippen LogP contribution < -0.4 is 0 Å². The average molecular weight is 214 g/mol. The van der Waals surface area contributed by atoms with Crippen molar-refractivity contribution in [2.75, 3.05) is 0 Å². The lowest BCUT2D eigenvalue weighted by Gasteiger charge is -2.06. The SMILES string of the molecule is Fc1cc(C(F)(F)F)cc(CCl)n1. The first-order valence-corrected chi connectivity index (χ1v) is 3.76. The Balaban J connectivity index is 3.16. The summed E-state index contributed by atoms with van der Waals surface area (Å²) >= 11 is 5.22. The molecule has 0 atom stereocenters. The molecule has 13 heavy (non-hydrogen) atoms. The van der Waals surface area contributed by atoms with Gasteiger partial charge in [0.1, 0.15) is 0 Å². The number of nitrogens with zero attached hydrogens (tertiary/aromatic N) is 1. The molecule has 0 saturated heterocycles. The summed E-state index contributed by atoms with van der Waals surface area (Å²) in [6.07, 6.45) is -4.56. The van der Waals surface area contributed by atoms with E-state index in [0.29, 0.717) is 6.07 Å². The number of aromatic nitrogens is 1. The molecule has 0 aliphatic heterocycles. The van der Waals surface area contributed by atoms with Gasteiger partial charge in [-0.05, 0) is 6.07 Å². The van der Waals surface area contributed by atoms with Gasteiger partial charge >= 0.3 is 6.18 Å². The maximum Gasteiger partial charge on any atom is 0.416 e. The second-order valence-corrected chi connectivity index (χ2v) is 2.57. The molecule has 0 N–H and O–H groups in total. The van der Waals surface area contributed by atoms with E-state index in [2.05, 4.69) is 4.98 Å². The molecule has 0 fully saturated rings. The molecule has 1 nitrogen and oxygen atoms in total. The topological polar surface area (TPSA) is 12.9 Å². The Hall–Kier alpha value is -0.840. The predicted octanol–water partition coefficient (Wildman–Crippen LogP) is 2.98. The van der Waals surface area contributed by atoms with Gasteiger partial charge in [0.25, 0.3) is 0 Å². The second kappa shape index (κ2) is 3.49. The van der Waals surface area contributed by atoms with Crippen LogP contribution in [0.5, 0.6) is 0 Å². The van der Waals surface area contributed by atoms with Crippen LogP contribution in [0.25, 0.3) is 0 Å². The van der Waals surface area contributed by atoms with Crippen LogP contribution in [-0.4, -0.2) is 4.98 Å². The van der Waals surface area contributed by atoms with E-state index in [0.717, 1.165) is 6.07 Å². The zero-order valence-corrected chi connectivity index (χ0v) is 6.95. The van der Waals surface area contributed by atoms with Crippen molar-refractivity contribution in [2.24, 2.45) is 0 Å². The molecule has 6 heteroatoms. The predicted molar refractivity (Wildman–Crippen MR) is 38.8 cm³/mol. The van der Waals surface area contributed by atoms with Crippen LogP contribution in [-0.2, 0) is 12.1 Å². The molecular weight excluding hydrogens is 210 g/mol. The molecule has 0 aliphatic rings. The number of alkyl halides is 4. The third-order valence-corrected chi connectivity index (χ3v) is 1.59. The Morgan fingerprint density at radius 3 is 2.38 bits per heavy atom. The van der Waals surface area contributed by atoms with E-state index in [1.165, 1.54) is 0 Å². The molecule has 1 aromatic heterocycles. The van der Waals surface area contributed by atoms with Gasteiger partial charge in [-0.1, -0.05) is 0 Å². The molecule has 0 aromatic carbocycles. The van der Waals surface area contributed by atoms with Crippen LogP contribution >= 0.6 is 11.6 Å². The van der Waals surface area contributed by atoms with Crippen LogP contribution in [0.1, 0.15) is 11.3 Å². The van der Waals surface area contributed by atoms with E-state index in [4.69, 9.17) is 11.6 Å². The van der Waals surface area contributed by atoms with Gasteiger partial charge in [0.2, 0.25) is 5.95 Å². The van der Waals surface area contributed by atoms with E-state index in [9.17, 15) is 17.6 Å². The minimum Gasteiger partial charge on any atom is -0.224 e. The third kappa shape index (κ3) is 2.55. The molecule has 0 aliphatic carbocycles. The fraction of sp³-hybridized carbons (Fsp3) is 0.286. The molecule has 1 aromatic rings. The van der Waals surface area contributed by atoms with Crippen molar-refractivity contribution < 1.29 is 17.6 Å². The fourth-order valence-corrected chi connectivity index (χ4v) is 0.920. The Morgan fingerprint density at radius 2 is 1.92 bits per heavy atom. The molecule has 0 amide bonds. The Bertz CT molecular complexity index is 310. The second-order valence-electron chi connectivity index (χ2n) is 2.30. The number of pyridine rings is 1. The maximum absolute atomic E-state index is 12.5. The molecule has 72 valence electrons. The third-order valence-electron chi connectivity index (χ3n) is 1.31. The summed E-state index contributed by atoms with van der Waals surface area (Å²) in [6.45, 7) is 0. The van der Waals surface area contributed by atoms with Crippen LogP contribution in [0, 0.1) is 5.95 Å². The summed E-state index contributed by atoms with van der Waals surface area (Å²) in [5.74, 6) is -1.42. The molecule has 0 spiro atoms. The van der Waals surface area contributed by atoms with Gasteiger partial charge in [-0.3, -0.25) is 0 Å². The van der Waals surface area contributed by atoms with Crippen molar-refractivity contribution in [1.82, 2.24) is 4.98 Å². The standard InChI is InChI=1S/C7H4ClF4N/c8-3-5-1-4(7(10,11)12)2-6(9)13-5/h1-2H,3H2. The number of halogens is 5. The van der Waals surface area contributed by atoms with Crippen molar-refractivity contribution in [2.45, 2.75) is 12.1 Å². The Morgan fingerprint density at radius 1 is 1.31 bits per heavy atom. The quantitative estimate of drug-likeness (QED) is 0.397. The molecule has 0 radical (unpaired) electrons. The van der Waals surface area contributed by atoms with Crippen LogP contribution in [0.2, 0.25) is 0 Å². The number of hydrogen-bond acceptors (Lipinski definition) is 1. The fourth-order valence-electron chi connectivity index (χ4n) is 0.783. The Kier molecular flexibility index (Phi) is 2.75. The van der Waals surface area contributed by atoms with Crippen molar-refractivity contribution in [3.63, 3.8) is 0 Å². The molecular formula is C7H4ClF4N. The van der Waals surface area contributed by atoms with Gasteiger partial charge in [-0.15, -0.1) is 11.6 Å².